The number of anilines is 1. The van der Waals surface area contributed by atoms with Gasteiger partial charge in [-0.15, -0.1) is 0 Å². The predicted octanol–water partition coefficient (Wildman–Crippen LogP) is 1.34. The zero-order valence-electron chi connectivity index (χ0n) is 28.9. The van der Waals surface area contributed by atoms with Crippen LogP contribution in [0.15, 0.2) is 35.0 Å². The molecule has 1 aromatic carbocycles. The minimum atomic E-state index is -3.68. The standard InChI is InChI=1S/C20H30N6O3/c1-4-18(27)26(17-9-7-6-8-10-17)20(29-3)11-13-23(14-12-20)15-16-25-19(28)24(5-2)21-22-25/h6-10H,4-5,11-16H2,1-3H3/i1D3,3D3,4D2,6D,7D,8D,9D,10D. The van der Waals surface area contributed by atoms with Crippen LogP contribution < -0.4 is 10.6 Å². The number of amides is 1. The van der Waals surface area contributed by atoms with E-state index in [1.807, 2.05) is 0 Å². The minimum absolute atomic E-state index is 0.0358. The van der Waals surface area contributed by atoms with Gasteiger partial charge in [0.25, 0.3) is 0 Å². The van der Waals surface area contributed by atoms with Crippen molar-refractivity contribution in [2.45, 2.75) is 51.8 Å². The fraction of sp³-hybridized carbons (Fsp3) is 0.600. The Kier molecular flexibility index (Phi) is 3.21. The molecular weight excluding hydrogens is 372 g/mol. The van der Waals surface area contributed by atoms with Crippen molar-refractivity contribution in [3.05, 3.63) is 40.7 Å². The van der Waals surface area contributed by atoms with Crippen molar-refractivity contribution in [2.24, 2.45) is 0 Å². The van der Waals surface area contributed by atoms with Crippen LogP contribution in [0.25, 0.3) is 0 Å². The summed E-state index contributed by atoms with van der Waals surface area (Å²) < 4.78 is 111. The average Bonchev–Trinajstić information content (AvgIpc) is 3.25. The van der Waals surface area contributed by atoms with Crippen LogP contribution >= 0.6 is 0 Å². The molecule has 29 heavy (non-hydrogen) atoms. The third kappa shape index (κ3) is 4.40. The Labute approximate surface area is 189 Å². The molecule has 9 nitrogen and oxygen atoms in total. The van der Waals surface area contributed by atoms with Crippen LogP contribution in [-0.2, 0) is 22.6 Å². The number of carbonyl (C=O) groups excluding carboxylic acids is 1. The molecule has 1 saturated heterocycles. The summed E-state index contributed by atoms with van der Waals surface area (Å²) in [5.41, 5.74) is -3.72. The number of aromatic nitrogens is 4. The van der Waals surface area contributed by atoms with E-state index in [1.54, 1.807) is 11.8 Å². The summed E-state index contributed by atoms with van der Waals surface area (Å²) in [6.07, 6.45) is -4.47. The topological polar surface area (TPSA) is 85.5 Å². The maximum atomic E-state index is 13.8. The summed E-state index contributed by atoms with van der Waals surface area (Å²) in [6.45, 7) is -1.32. The molecule has 1 aliphatic rings. The molecule has 0 saturated carbocycles. The number of nitrogens with zero attached hydrogens (tertiary/aromatic N) is 6. The second kappa shape index (κ2) is 9.32. The maximum Gasteiger partial charge on any atom is 0.363 e. The van der Waals surface area contributed by atoms with Gasteiger partial charge in [0.1, 0.15) is 5.72 Å². The average molecular weight is 416 g/mol. The number of hydrogen-bond donors (Lipinski definition) is 0. The van der Waals surface area contributed by atoms with E-state index in [1.165, 1.54) is 0 Å². The second-order valence-electron chi connectivity index (χ2n) is 6.43. The van der Waals surface area contributed by atoms with Crippen molar-refractivity contribution in [2.75, 3.05) is 31.6 Å². The summed E-state index contributed by atoms with van der Waals surface area (Å²) in [7, 11) is -3.24. The van der Waals surface area contributed by atoms with Gasteiger partial charge in [-0.05, 0) is 29.4 Å². The van der Waals surface area contributed by atoms with E-state index in [-0.39, 0.29) is 31.1 Å². The largest absolute Gasteiger partial charge is 0.363 e. The number of piperidine rings is 1. The molecule has 3 rings (SSSR count). The Morgan fingerprint density at radius 2 is 2.00 bits per heavy atom. The van der Waals surface area contributed by atoms with Crippen LogP contribution in [0.1, 0.15) is 50.8 Å². The molecule has 1 fully saturated rings. The maximum absolute atomic E-state index is 13.8. The van der Waals surface area contributed by atoms with Gasteiger partial charge in [0.05, 0.1) is 17.5 Å². The van der Waals surface area contributed by atoms with Crippen LogP contribution in [-0.4, -0.2) is 63.0 Å². The van der Waals surface area contributed by atoms with Crippen molar-refractivity contribution in [1.29, 1.82) is 0 Å². The number of hydrogen-bond acceptors (Lipinski definition) is 6. The molecule has 0 bridgehead atoms. The van der Waals surface area contributed by atoms with Gasteiger partial charge in [0.2, 0.25) is 5.91 Å². The Morgan fingerprint density at radius 1 is 1.28 bits per heavy atom. The minimum Gasteiger partial charge on any atom is -0.358 e. The molecule has 0 spiro atoms. The first-order chi connectivity index (χ1) is 19.2. The molecule has 2 aromatic rings. The molecular formula is C20H30N6O3. The number of tetrazole rings is 1. The molecule has 0 N–H and O–H groups in total. The van der Waals surface area contributed by atoms with E-state index < -0.39 is 86.3 Å². The smallest absolute Gasteiger partial charge is 0.358 e. The number of likely N-dealkylation sites (tertiary alicyclic amines) is 1. The molecule has 1 amide bonds. The summed E-state index contributed by atoms with van der Waals surface area (Å²) >= 11 is 0. The highest BCUT2D eigenvalue weighted by Crippen LogP contribution is 2.34. The van der Waals surface area contributed by atoms with Crippen LogP contribution in [0.2, 0.25) is 0 Å². The van der Waals surface area contributed by atoms with Crippen molar-refractivity contribution in [3.63, 3.8) is 0 Å². The lowest BCUT2D eigenvalue weighted by Gasteiger charge is -2.47. The van der Waals surface area contributed by atoms with Gasteiger partial charge in [-0.2, -0.15) is 9.36 Å². The Morgan fingerprint density at radius 3 is 2.62 bits per heavy atom. The highest BCUT2D eigenvalue weighted by Gasteiger charge is 2.43. The van der Waals surface area contributed by atoms with Gasteiger partial charge in [-0.3, -0.25) is 9.69 Å². The first kappa shape index (κ1) is 9.99. The van der Waals surface area contributed by atoms with Gasteiger partial charge >= 0.3 is 5.69 Å². The van der Waals surface area contributed by atoms with Gasteiger partial charge in [0, 0.05) is 65.0 Å². The molecule has 1 aromatic heterocycles. The predicted molar refractivity (Wildman–Crippen MR) is 110 cm³/mol. The zero-order chi connectivity index (χ0) is 32.0. The molecule has 0 unspecified atom stereocenters. The van der Waals surface area contributed by atoms with Crippen LogP contribution in [0.5, 0.6) is 0 Å². The lowest BCUT2D eigenvalue weighted by atomic mass is 9.96. The van der Waals surface area contributed by atoms with E-state index in [0.29, 0.717) is 6.54 Å². The van der Waals surface area contributed by atoms with Crippen LogP contribution in [0, 0.1) is 0 Å². The first-order valence-corrected chi connectivity index (χ1v) is 9.03. The SMILES string of the molecule is [2H]c1c([2H])c([2H])c(N(C(=O)C([2H])([2H])C([2H])([2H])[2H])C2(OC([2H])([2H])[2H])CCN(CCn3nnn(CC)c3=O)CC2)c([2H])c1[2H]. The number of carbonyl (C=O) groups is 1. The van der Waals surface area contributed by atoms with Gasteiger partial charge in [-0.25, -0.2) is 4.79 Å². The Hall–Kier alpha value is -2.52. The fourth-order valence-electron chi connectivity index (χ4n) is 3.28. The summed E-state index contributed by atoms with van der Waals surface area (Å²) in [5, 5.41) is 7.51. The summed E-state index contributed by atoms with van der Waals surface area (Å²) in [6, 6.07) is -4.62. The van der Waals surface area contributed by atoms with E-state index in [4.69, 9.17) is 22.6 Å². The molecule has 0 atom stereocenters. The van der Waals surface area contributed by atoms with Crippen LogP contribution in [0.4, 0.5) is 5.69 Å². The van der Waals surface area contributed by atoms with Crippen molar-refractivity contribution in [3.8, 4) is 0 Å². The molecule has 0 radical (unpaired) electrons. The number of methoxy groups -OCH3 is 1. The van der Waals surface area contributed by atoms with Crippen molar-refractivity contribution < 1.29 is 27.4 Å². The van der Waals surface area contributed by atoms with E-state index in [9.17, 15) is 9.59 Å². The zero-order valence-corrected chi connectivity index (χ0v) is 15.9. The first-order valence-electron chi connectivity index (χ1n) is 15.5. The van der Waals surface area contributed by atoms with E-state index >= 15 is 0 Å². The monoisotopic (exact) mass is 415 g/mol. The Bertz CT molecular complexity index is 1350. The number of ether oxygens (including phenoxy) is 1. The van der Waals surface area contributed by atoms with Crippen LogP contribution in [0.3, 0.4) is 0 Å². The van der Waals surface area contributed by atoms with Crippen molar-refractivity contribution in [1.82, 2.24) is 24.7 Å². The van der Waals surface area contributed by atoms with Gasteiger partial charge < -0.3 is 9.64 Å². The molecule has 0 aliphatic carbocycles. The van der Waals surface area contributed by atoms with Gasteiger partial charge in [0.15, 0.2) is 0 Å². The quantitative estimate of drug-likeness (QED) is 0.605. The number of rotatable bonds is 8. The third-order valence-electron chi connectivity index (χ3n) is 4.88. The normalized spacial score (nSPS) is 24.5. The third-order valence-corrected chi connectivity index (χ3v) is 4.88. The lowest BCUT2D eigenvalue weighted by Crippen LogP contribution is -2.59. The van der Waals surface area contributed by atoms with Gasteiger partial charge in [-0.1, -0.05) is 25.0 Å². The molecule has 1 aliphatic heterocycles. The van der Waals surface area contributed by atoms with Crippen molar-refractivity contribution >= 4 is 11.6 Å². The Balaban J connectivity index is 2.12. The molecule has 2 heterocycles. The second-order valence-corrected chi connectivity index (χ2v) is 6.43. The highest BCUT2D eigenvalue weighted by atomic mass is 16.5. The summed E-state index contributed by atoms with van der Waals surface area (Å²) in [4.78, 5) is 28.1. The number of aryl methyl sites for hydroxylation is 1. The number of para-hydroxylation sites is 1. The van der Waals surface area contributed by atoms with E-state index in [2.05, 4.69) is 10.4 Å². The highest BCUT2D eigenvalue weighted by molar-refractivity contribution is 5.94. The lowest BCUT2D eigenvalue weighted by molar-refractivity contribution is -0.128. The number of benzene rings is 1. The summed E-state index contributed by atoms with van der Waals surface area (Å²) in [5.74, 6) is -1.86. The van der Waals surface area contributed by atoms with E-state index in [0.717, 1.165) is 9.36 Å². The molecule has 158 valence electrons. The fourth-order valence-corrected chi connectivity index (χ4v) is 3.28. The molecule has 9 heteroatoms.